The van der Waals surface area contributed by atoms with Crippen LogP contribution in [-0.2, 0) is 11.2 Å². The van der Waals surface area contributed by atoms with Crippen LogP contribution in [0.5, 0.6) is 0 Å². The fourth-order valence-electron chi connectivity index (χ4n) is 3.31. The molecule has 1 atom stereocenters. The predicted molar refractivity (Wildman–Crippen MR) is 99.3 cm³/mol. The normalized spacial score (nSPS) is 17.0. The minimum absolute atomic E-state index is 0.160. The molecule has 3 rings (SSSR count). The fourth-order valence-corrected chi connectivity index (χ4v) is 3.31. The van der Waals surface area contributed by atoms with E-state index in [0.717, 1.165) is 32.5 Å². The summed E-state index contributed by atoms with van der Waals surface area (Å²) in [5.74, 6) is 0.707. The number of hydrogen-bond acceptors (Lipinski definition) is 2. The minimum Gasteiger partial charge on any atom is -0.371 e. The number of nitrogens with zero attached hydrogens (tertiary/aromatic N) is 1. The number of hydrogen-bond donors (Lipinski definition) is 1. The van der Waals surface area contributed by atoms with Gasteiger partial charge in [-0.2, -0.15) is 0 Å². The quantitative estimate of drug-likeness (QED) is 0.882. The summed E-state index contributed by atoms with van der Waals surface area (Å²) in [5, 5.41) is 3.11. The molecule has 1 N–H and O–H groups in total. The van der Waals surface area contributed by atoms with Gasteiger partial charge in [0.1, 0.15) is 0 Å². The largest absolute Gasteiger partial charge is 0.371 e. The molecule has 24 heavy (non-hydrogen) atoms. The Bertz CT molecular complexity index is 669. The highest BCUT2D eigenvalue weighted by atomic mass is 16.1. The molecule has 1 fully saturated rings. The van der Waals surface area contributed by atoms with E-state index in [9.17, 15) is 4.79 Å². The van der Waals surface area contributed by atoms with Gasteiger partial charge in [0.2, 0.25) is 5.91 Å². The fraction of sp³-hybridized carbons (Fsp3) is 0.381. The second-order valence-electron chi connectivity index (χ2n) is 6.73. The summed E-state index contributed by atoms with van der Waals surface area (Å²) in [6.45, 7) is 5.02. The highest BCUT2D eigenvalue weighted by Crippen LogP contribution is 2.24. The first-order valence-corrected chi connectivity index (χ1v) is 8.83. The molecule has 3 heteroatoms. The third-order valence-electron chi connectivity index (χ3n) is 4.72. The van der Waals surface area contributed by atoms with Gasteiger partial charge in [-0.05, 0) is 48.9 Å². The van der Waals surface area contributed by atoms with Crippen LogP contribution in [0.4, 0.5) is 5.69 Å². The van der Waals surface area contributed by atoms with E-state index in [-0.39, 0.29) is 5.91 Å². The van der Waals surface area contributed by atoms with Gasteiger partial charge in [-0.15, -0.1) is 0 Å². The predicted octanol–water partition coefficient (Wildman–Crippen LogP) is 3.57. The summed E-state index contributed by atoms with van der Waals surface area (Å²) in [6, 6.07) is 18.8. The zero-order valence-corrected chi connectivity index (χ0v) is 14.4. The van der Waals surface area contributed by atoms with Crippen LogP contribution in [0.25, 0.3) is 0 Å². The van der Waals surface area contributed by atoms with Crippen molar-refractivity contribution in [2.45, 2.75) is 26.2 Å². The Kier molecular flexibility index (Phi) is 5.52. The van der Waals surface area contributed by atoms with Crippen LogP contribution in [0, 0.1) is 12.8 Å². The van der Waals surface area contributed by atoms with Gasteiger partial charge < -0.3 is 10.2 Å². The molecule has 0 bridgehead atoms. The maximum absolute atomic E-state index is 12.0. The van der Waals surface area contributed by atoms with Crippen LogP contribution in [0.2, 0.25) is 0 Å². The smallest absolute Gasteiger partial charge is 0.220 e. The molecule has 2 aromatic carbocycles. The average Bonchev–Trinajstić information content (AvgIpc) is 3.08. The third-order valence-corrected chi connectivity index (χ3v) is 4.72. The summed E-state index contributed by atoms with van der Waals surface area (Å²) in [7, 11) is 0. The molecule has 0 saturated carbocycles. The maximum Gasteiger partial charge on any atom is 0.220 e. The van der Waals surface area contributed by atoms with Crippen molar-refractivity contribution in [1.82, 2.24) is 5.32 Å². The van der Waals surface area contributed by atoms with Crippen molar-refractivity contribution in [2.24, 2.45) is 5.92 Å². The number of nitrogens with one attached hydrogen (secondary N) is 1. The summed E-state index contributed by atoms with van der Waals surface area (Å²) in [6.07, 6.45) is 2.53. The molecule has 1 unspecified atom stereocenters. The van der Waals surface area contributed by atoms with Crippen molar-refractivity contribution in [3.05, 3.63) is 65.7 Å². The van der Waals surface area contributed by atoms with Crippen LogP contribution >= 0.6 is 0 Å². The topological polar surface area (TPSA) is 32.3 Å². The van der Waals surface area contributed by atoms with E-state index in [0.29, 0.717) is 12.3 Å². The van der Waals surface area contributed by atoms with Crippen molar-refractivity contribution in [1.29, 1.82) is 0 Å². The number of anilines is 1. The Morgan fingerprint density at radius 2 is 2.00 bits per heavy atom. The summed E-state index contributed by atoms with van der Waals surface area (Å²) in [5.41, 5.74) is 3.82. The third kappa shape index (κ3) is 4.60. The van der Waals surface area contributed by atoms with Gasteiger partial charge in [-0.1, -0.05) is 42.5 Å². The molecule has 1 amide bonds. The van der Waals surface area contributed by atoms with Crippen LogP contribution in [0.15, 0.2) is 54.6 Å². The Hall–Kier alpha value is -2.29. The number of rotatable bonds is 6. The number of benzene rings is 2. The lowest BCUT2D eigenvalue weighted by Gasteiger charge is -2.19. The Morgan fingerprint density at radius 1 is 1.17 bits per heavy atom. The van der Waals surface area contributed by atoms with E-state index < -0.39 is 0 Å². The first kappa shape index (κ1) is 16.6. The van der Waals surface area contributed by atoms with E-state index in [1.54, 1.807) is 0 Å². The number of aryl methyl sites for hydroxylation is 2. The molecule has 0 aromatic heterocycles. The first-order valence-electron chi connectivity index (χ1n) is 8.83. The Balaban J connectivity index is 1.40. The maximum atomic E-state index is 12.0. The molecule has 1 heterocycles. The van der Waals surface area contributed by atoms with Crippen molar-refractivity contribution >= 4 is 11.6 Å². The molecule has 1 aliphatic heterocycles. The molecular formula is C21H26N2O. The lowest BCUT2D eigenvalue weighted by molar-refractivity contribution is -0.121. The van der Waals surface area contributed by atoms with Gasteiger partial charge in [0.25, 0.3) is 0 Å². The SMILES string of the molecule is Cc1cccc(N2CCC(CNC(=O)CCc3ccccc3)C2)c1. The molecule has 1 aliphatic rings. The second kappa shape index (κ2) is 8.00. The monoisotopic (exact) mass is 322 g/mol. The van der Waals surface area contributed by atoms with Crippen molar-refractivity contribution in [3.8, 4) is 0 Å². The summed E-state index contributed by atoms with van der Waals surface area (Å²) >= 11 is 0. The number of amides is 1. The van der Waals surface area contributed by atoms with Crippen LogP contribution in [0.1, 0.15) is 24.0 Å². The first-order chi connectivity index (χ1) is 11.7. The second-order valence-corrected chi connectivity index (χ2v) is 6.73. The van der Waals surface area contributed by atoms with E-state index in [2.05, 4.69) is 53.5 Å². The molecule has 0 radical (unpaired) electrons. The lowest BCUT2D eigenvalue weighted by atomic mass is 10.1. The van der Waals surface area contributed by atoms with Gasteiger partial charge >= 0.3 is 0 Å². The molecule has 0 aliphatic carbocycles. The molecule has 3 nitrogen and oxygen atoms in total. The van der Waals surface area contributed by atoms with Crippen molar-refractivity contribution in [3.63, 3.8) is 0 Å². The standard InChI is InChI=1S/C21H26N2O/c1-17-6-5-9-20(14-17)23-13-12-19(16-23)15-22-21(24)11-10-18-7-3-2-4-8-18/h2-9,14,19H,10-13,15-16H2,1H3,(H,22,24). The zero-order chi connectivity index (χ0) is 16.8. The van der Waals surface area contributed by atoms with Gasteiger partial charge in [0.15, 0.2) is 0 Å². The van der Waals surface area contributed by atoms with Crippen molar-refractivity contribution in [2.75, 3.05) is 24.5 Å². The average molecular weight is 322 g/mol. The van der Waals surface area contributed by atoms with Crippen LogP contribution in [0.3, 0.4) is 0 Å². The van der Waals surface area contributed by atoms with Gasteiger partial charge in [0, 0.05) is 31.7 Å². The summed E-state index contributed by atoms with van der Waals surface area (Å²) in [4.78, 5) is 14.5. The van der Waals surface area contributed by atoms with Gasteiger partial charge in [-0.25, -0.2) is 0 Å². The Labute approximate surface area is 144 Å². The van der Waals surface area contributed by atoms with Crippen LogP contribution < -0.4 is 10.2 Å². The van der Waals surface area contributed by atoms with Crippen LogP contribution in [-0.4, -0.2) is 25.5 Å². The van der Waals surface area contributed by atoms with E-state index in [1.807, 2.05) is 18.2 Å². The summed E-state index contributed by atoms with van der Waals surface area (Å²) < 4.78 is 0. The van der Waals surface area contributed by atoms with Gasteiger partial charge in [0.05, 0.1) is 0 Å². The molecule has 126 valence electrons. The molecule has 2 aromatic rings. The minimum atomic E-state index is 0.160. The highest BCUT2D eigenvalue weighted by molar-refractivity contribution is 5.76. The highest BCUT2D eigenvalue weighted by Gasteiger charge is 2.23. The molecule has 0 spiro atoms. The zero-order valence-electron chi connectivity index (χ0n) is 14.4. The number of carbonyl (C=O) groups excluding carboxylic acids is 1. The van der Waals surface area contributed by atoms with Gasteiger partial charge in [-0.3, -0.25) is 4.79 Å². The van der Waals surface area contributed by atoms with Crippen molar-refractivity contribution < 1.29 is 4.79 Å². The van der Waals surface area contributed by atoms with E-state index in [1.165, 1.54) is 16.8 Å². The Morgan fingerprint density at radius 3 is 2.79 bits per heavy atom. The lowest BCUT2D eigenvalue weighted by Crippen LogP contribution is -2.31. The molecular weight excluding hydrogens is 296 g/mol. The number of carbonyl (C=O) groups is 1. The van der Waals surface area contributed by atoms with E-state index in [4.69, 9.17) is 0 Å². The molecule has 1 saturated heterocycles. The van der Waals surface area contributed by atoms with E-state index >= 15 is 0 Å².